The van der Waals surface area contributed by atoms with Crippen molar-refractivity contribution >= 4 is 6.72 Å². The molecule has 0 saturated heterocycles. The van der Waals surface area contributed by atoms with Crippen LogP contribution in [-0.2, 0) is 0 Å². The van der Waals surface area contributed by atoms with Gasteiger partial charge in [0.15, 0.2) is 0 Å². The standard InChI is InChI=1S/C6H6F3N/c1-3-5(4-10-2)6(7,8)9/h3-4H,1-2H2. The molecule has 0 radical (unpaired) electrons. The zero-order valence-electron chi connectivity index (χ0n) is 5.15. The molecule has 0 atom stereocenters. The summed E-state index contributed by atoms with van der Waals surface area (Å²) < 4.78 is 35.0. The van der Waals surface area contributed by atoms with Crippen molar-refractivity contribution in [2.75, 3.05) is 0 Å². The third-order valence-electron chi connectivity index (χ3n) is 0.778. The maximum atomic E-state index is 11.7. The van der Waals surface area contributed by atoms with Crippen molar-refractivity contribution in [2.24, 2.45) is 4.99 Å². The molecule has 0 spiro atoms. The summed E-state index contributed by atoms with van der Waals surface area (Å²) in [5.41, 5.74) is -0.887. The maximum absolute atomic E-state index is 11.7. The first kappa shape index (κ1) is 8.94. The second-order valence-corrected chi connectivity index (χ2v) is 1.47. The van der Waals surface area contributed by atoms with Crippen LogP contribution in [-0.4, -0.2) is 12.9 Å². The van der Waals surface area contributed by atoms with Crippen molar-refractivity contribution in [1.29, 1.82) is 0 Å². The van der Waals surface area contributed by atoms with E-state index in [2.05, 4.69) is 18.3 Å². The van der Waals surface area contributed by atoms with Crippen molar-refractivity contribution in [3.63, 3.8) is 0 Å². The molecule has 0 aromatic rings. The Morgan fingerprint density at radius 2 is 1.90 bits per heavy atom. The highest BCUT2D eigenvalue weighted by Crippen LogP contribution is 2.25. The molecule has 0 rings (SSSR count). The molecule has 0 bridgehead atoms. The number of alkyl halides is 3. The van der Waals surface area contributed by atoms with Crippen molar-refractivity contribution in [3.05, 3.63) is 24.4 Å². The summed E-state index contributed by atoms with van der Waals surface area (Å²) in [5.74, 6) is 0. The minimum atomic E-state index is -4.37. The molecule has 0 aromatic heterocycles. The molecule has 0 saturated carbocycles. The largest absolute Gasteiger partial charge is 0.417 e. The molecule has 56 valence electrons. The van der Waals surface area contributed by atoms with Crippen LogP contribution in [0.15, 0.2) is 29.4 Å². The summed E-state index contributed by atoms with van der Waals surface area (Å²) in [7, 11) is 0. The van der Waals surface area contributed by atoms with E-state index < -0.39 is 11.7 Å². The average Bonchev–Trinajstić information content (AvgIpc) is 1.80. The lowest BCUT2D eigenvalue weighted by molar-refractivity contribution is -0.0883. The first-order valence-corrected chi connectivity index (χ1v) is 2.38. The van der Waals surface area contributed by atoms with Gasteiger partial charge in [-0.3, -0.25) is 4.99 Å². The Bertz CT molecular complexity index is 166. The molecule has 0 aromatic carbocycles. The fraction of sp³-hybridized carbons (Fsp3) is 0.167. The van der Waals surface area contributed by atoms with Crippen molar-refractivity contribution in [1.82, 2.24) is 0 Å². The normalized spacial score (nSPS) is 12.9. The van der Waals surface area contributed by atoms with E-state index in [-0.39, 0.29) is 0 Å². The van der Waals surface area contributed by atoms with Crippen molar-refractivity contribution in [2.45, 2.75) is 6.18 Å². The predicted octanol–water partition coefficient (Wildman–Crippen LogP) is 2.32. The Labute approximate surface area is 56.6 Å². The lowest BCUT2D eigenvalue weighted by Crippen LogP contribution is -2.09. The van der Waals surface area contributed by atoms with Crippen LogP contribution in [0.1, 0.15) is 0 Å². The van der Waals surface area contributed by atoms with Gasteiger partial charge in [-0.15, -0.1) is 0 Å². The topological polar surface area (TPSA) is 12.4 Å². The van der Waals surface area contributed by atoms with Crippen LogP contribution >= 0.6 is 0 Å². The van der Waals surface area contributed by atoms with Gasteiger partial charge in [0.25, 0.3) is 0 Å². The molecule has 0 amide bonds. The number of aliphatic imine (C=N–C) groups is 1. The summed E-state index contributed by atoms with van der Waals surface area (Å²) in [4.78, 5) is 2.97. The third kappa shape index (κ3) is 2.48. The van der Waals surface area contributed by atoms with Crippen LogP contribution in [0.4, 0.5) is 13.2 Å². The smallest absolute Gasteiger partial charge is 0.272 e. The molecule has 0 N–H and O–H groups in total. The maximum Gasteiger partial charge on any atom is 0.417 e. The van der Waals surface area contributed by atoms with Crippen LogP contribution in [0.3, 0.4) is 0 Å². The van der Waals surface area contributed by atoms with Gasteiger partial charge < -0.3 is 0 Å². The zero-order chi connectivity index (χ0) is 8.20. The molecule has 0 fully saturated rings. The average molecular weight is 149 g/mol. The Hall–Kier alpha value is -1.06. The van der Waals surface area contributed by atoms with Crippen LogP contribution in [0.2, 0.25) is 0 Å². The SMILES string of the molecule is C=CC(=CN=C)C(F)(F)F. The molecule has 0 aliphatic carbocycles. The summed E-state index contributed by atoms with van der Waals surface area (Å²) in [6.07, 6.45) is -3.06. The molecule has 0 unspecified atom stereocenters. The lowest BCUT2D eigenvalue weighted by atomic mass is 10.3. The highest BCUT2D eigenvalue weighted by atomic mass is 19.4. The Balaban J connectivity index is 4.51. The van der Waals surface area contributed by atoms with Crippen LogP contribution < -0.4 is 0 Å². The van der Waals surface area contributed by atoms with E-state index in [0.717, 1.165) is 0 Å². The molecule has 0 aliphatic heterocycles. The number of allylic oxidation sites excluding steroid dienone is 2. The van der Waals surface area contributed by atoms with Gasteiger partial charge in [-0.05, 0) is 6.72 Å². The van der Waals surface area contributed by atoms with E-state index in [9.17, 15) is 13.2 Å². The summed E-state index contributed by atoms with van der Waals surface area (Å²) in [6.45, 7) is 5.86. The first-order chi connectivity index (χ1) is 4.52. The van der Waals surface area contributed by atoms with Crippen molar-refractivity contribution in [3.8, 4) is 0 Å². The summed E-state index contributed by atoms with van der Waals surface area (Å²) >= 11 is 0. The zero-order valence-corrected chi connectivity index (χ0v) is 5.15. The van der Waals surface area contributed by atoms with Gasteiger partial charge in [-0.1, -0.05) is 12.7 Å². The van der Waals surface area contributed by atoms with E-state index in [1.54, 1.807) is 0 Å². The monoisotopic (exact) mass is 149 g/mol. The van der Waals surface area contributed by atoms with Crippen LogP contribution in [0, 0.1) is 0 Å². The number of halogens is 3. The second kappa shape index (κ2) is 3.20. The highest BCUT2D eigenvalue weighted by molar-refractivity contribution is 5.30. The number of nitrogens with zero attached hydrogens (tertiary/aromatic N) is 1. The molecule has 4 heteroatoms. The molecule has 0 heterocycles. The number of rotatable bonds is 2. The van der Waals surface area contributed by atoms with Gasteiger partial charge in [0.05, 0.1) is 5.57 Å². The van der Waals surface area contributed by atoms with E-state index in [1.807, 2.05) is 0 Å². The van der Waals surface area contributed by atoms with Crippen LogP contribution in [0.5, 0.6) is 0 Å². The molecular formula is C6H6F3N. The van der Waals surface area contributed by atoms with Crippen molar-refractivity contribution < 1.29 is 13.2 Å². The van der Waals surface area contributed by atoms with Gasteiger partial charge in [-0.25, -0.2) is 0 Å². The molecule has 1 nitrogen and oxygen atoms in total. The van der Waals surface area contributed by atoms with Gasteiger partial charge in [0.1, 0.15) is 0 Å². The Kier molecular flexibility index (Phi) is 2.86. The van der Waals surface area contributed by atoms with E-state index in [4.69, 9.17) is 0 Å². The quantitative estimate of drug-likeness (QED) is 0.422. The minimum Gasteiger partial charge on any atom is -0.272 e. The highest BCUT2D eigenvalue weighted by Gasteiger charge is 2.31. The van der Waals surface area contributed by atoms with Gasteiger partial charge in [0, 0.05) is 6.20 Å². The molecule has 10 heavy (non-hydrogen) atoms. The van der Waals surface area contributed by atoms with Gasteiger partial charge in [-0.2, -0.15) is 13.2 Å². The predicted molar refractivity (Wildman–Crippen MR) is 33.9 cm³/mol. The lowest BCUT2D eigenvalue weighted by Gasteiger charge is -2.04. The number of hydrogen-bond acceptors (Lipinski definition) is 1. The van der Waals surface area contributed by atoms with E-state index >= 15 is 0 Å². The minimum absolute atomic E-state index is 0.618. The van der Waals surface area contributed by atoms with E-state index in [1.165, 1.54) is 0 Å². The Morgan fingerprint density at radius 3 is 2.00 bits per heavy atom. The first-order valence-electron chi connectivity index (χ1n) is 2.38. The Morgan fingerprint density at radius 1 is 1.40 bits per heavy atom. The fourth-order valence-corrected chi connectivity index (χ4v) is 0.340. The molecular weight excluding hydrogens is 143 g/mol. The van der Waals surface area contributed by atoms with Gasteiger partial charge >= 0.3 is 6.18 Å². The second-order valence-electron chi connectivity index (χ2n) is 1.47. The third-order valence-corrected chi connectivity index (χ3v) is 0.778. The summed E-state index contributed by atoms with van der Waals surface area (Å²) in [6, 6.07) is 0. The fourth-order valence-electron chi connectivity index (χ4n) is 0.340. The number of hydrogen-bond donors (Lipinski definition) is 0. The van der Waals surface area contributed by atoms with Crippen LogP contribution in [0.25, 0.3) is 0 Å². The molecule has 0 aliphatic rings. The van der Waals surface area contributed by atoms with E-state index in [0.29, 0.717) is 12.3 Å². The van der Waals surface area contributed by atoms with Gasteiger partial charge in [0.2, 0.25) is 0 Å². The summed E-state index contributed by atoms with van der Waals surface area (Å²) in [5, 5.41) is 0.